The Morgan fingerprint density at radius 2 is 1.94 bits per heavy atom. The normalized spacial score (nSPS) is 11.0. The second-order valence-electron chi connectivity index (χ2n) is 4.25. The fraction of sp³-hybridized carbons (Fsp3) is 0.571. The molecule has 0 aliphatic rings. The molecule has 1 rings (SSSR count). The van der Waals surface area contributed by atoms with Crippen LogP contribution < -0.4 is 5.73 Å². The SMILES string of the molecule is CCCCN(CC)Cc1cccc(CN)c1. The first-order chi connectivity index (χ1) is 7.80. The van der Waals surface area contributed by atoms with E-state index in [9.17, 15) is 0 Å². The smallest absolute Gasteiger partial charge is 0.0233 e. The van der Waals surface area contributed by atoms with Crippen molar-refractivity contribution < 1.29 is 0 Å². The Bertz CT molecular complexity index is 297. The Morgan fingerprint density at radius 3 is 2.56 bits per heavy atom. The molecular weight excluding hydrogens is 196 g/mol. The van der Waals surface area contributed by atoms with E-state index in [1.807, 2.05) is 0 Å². The van der Waals surface area contributed by atoms with Crippen molar-refractivity contribution in [2.75, 3.05) is 13.1 Å². The zero-order valence-corrected chi connectivity index (χ0v) is 10.6. The third kappa shape index (κ3) is 4.33. The molecule has 16 heavy (non-hydrogen) atoms. The minimum absolute atomic E-state index is 0.634. The molecule has 2 heteroatoms. The average molecular weight is 220 g/mol. The van der Waals surface area contributed by atoms with Crippen LogP contribution in [0.3, 0.4) is 0 Å². The molecule has 0 unspecified atom stereocenters. The minimum atomic E-state index is 0.634. The average Bonchev–Trinajstić information content (AvgIpc) is 2.34. The molecule has 0 atom stereocenters. The molecule has 0 saturated carbocycles. The van der Waals surface area contributed by atoms with Crippen molar-refractivity contribution in [3.63, 3.8) is 0 Å². The second-order valence-corrected chi connectivity index (χ2v) is 4.25. The van der Waals surface area contributed by atoms with E-state index in [0.717, 1.165) is 13.1 Å². The van der Waals surface area contributed by atoms with E-state index in [4.69, 9.17) is 5.73 Å². The fourth-order valence-electron chi connectivity index (χ4n) is 1.84. The van der Waals surface area contributed by atoms with Crippen molar-refractivity contribution in [1.29, 1.82) is 0 Å². The van der Waals surface area contributed by atoms with Crippen LogP contribution in [0.4, 0.5) is 0 Å². The van der Waals surface area contributed by atoms with Crippen LogP contribution in [0.5, 0.6) is 0 Å². The number of nitrogens with zero attached hydrogens (tertiary/aromatic N) is 1. The van der Waals surface area contributed by atoms with Crippen molar-refractivity contribution in [3.05, 3.63) is 35.4 Å². The lowest BCUT2D eigenvalue weighted by Crippen LogP contribution is -2.24. The number of hydrogen-bond acceptors (Lipinski definition) is 2. The molecule has 0 fully saturated rings. The van der Waals surface area contributed by atoms with Gasteiger partial charge < -0.3 is 5.73 Å². The van der Waals surface area contributed by atoms with Gasteiger partial charge in [0.15, 0.2) is 0 Å². The van der Waals surface area contributed by atoms with Gasteiger partial charge in [0.05, 0.1) is 0 Å². The molecule has 2 nitrogen and oxygen atoms in total. The van der Waals surface area contributed by atoms with Crippen LogP contribution in [0, 0.1) is 0 Å². The van der Waals surface area contributed by atoms with Gasteiger partial charge in [0.2, 0.25) is 0 Å². The van der Waals surface area contributed by atoms with Crippen LogP contribution in [0.2, 0.25) is 0 Å². The summed E-state index contributed by atoms with van der Waals surface area (Å²) >= 11 is 0. The topological polar surface area (TPSA) is 29.3 Å². The van der Waals surface area contributed by atoms with Gasteiger partial charge in [0, 0.05) is 13.1 Å². The molecule has 1 aromatic carbocycles. The van der Waals surface area contributed by atoms with Crippen LogP contribution in [0.15, 0.2) is 24.3 Å². The highest BCUT2D eigenvalue weighted by Crippen LogP contribution is 2.08. The maximum absolute atomic E-state index is 5.65. The summed E-state index contributed by atoms with van der Waals surface area (Å²) in [4.78, 5) is 2.49. The summed E-state index contributed by atoms with van der Waals surface area (Å²) in [5, 5.41) is 0. The number of benzene rings is 1. The first kappa shape index (κ1) is 13.2. The third-order valence-corrected chi connectivity index (χ3v) is 2.91. The van der Waals surface area contributed by atoms with E-state index >= 15 is 0 Å². The molecule has 0 amide bonds. The van der Waals surface area contributed by atoms with Crippen molar-refractivity contribution in [2.24, 2.45) is 5.73 Å². The second kappa shape index (κ2) is 7.42. The maximum atomic E-state index is 5.65. The van der Waals surface area contributed by atoms with E-state index in [-0.39, 0.29) is 0 Å². The minimum Gasteiger partial charge on any atom is -0.326 e. The largest absolute Gasteiger partial charge is 0.326 e. The van der Waals surface area contributed by atoms with Gasteiger partial charge in [-0.3, -0.25) is 4.90 Å². The zero-order chi connectivity index (χ0) is 11.8. The van der Waals surface area contributed by atoms with Gasteiger partial charge in [-0.2, -0.15) is 0 Å². The van der Waals surface area contributed by atoms with E-state index in [0.29, 0.717) is 6.54 Å². The van der Waals surface area contributed by atoms with E-state index < -0.39 is 0 Å². The summed E-state index contributed by atoms with van der Waals surface area (Å²) in [5.41, 5.74) is 8.25. The summed E-state index contributed by atoms with van der Waals surface area (Å²) < 4.78 is 0. The Labute approximate surface area is 99.5 Å². The third-order valence-electron chi connectivity index (χ3n) is 2.91. The quantitative estimate of drug-likeness (QED) is 0.765. The standard InChI is InChI=1S/C14H24N2/c1-3-5-9-16(4-2)12-14-8-6-7-13(10-14)11-15/h6-8,10H,3-5,9,11-12,15H2,1-2H3. The molecule has 0 aromatic heterocycles. The Kier molecular flexibility index (Phi) is 6.12. The Balaban J connectivity index is 2.55. The summed E-state index contributed by atoms with van der Waals surface area (Å²) in [5.74, 6) is 0. The van der Waals surface area contributed by atoms with Gasteiger partial charge >= 0.3 is 0 Å². The molecule has 0 aliphatic carbocycles. The molecule has 0 radical (unpaired) electrons. The summed E-state index contributed by atoms with van der Waals surface area (Å²) in [6.45, 7) is 8.46. The number of hydrogen-bond donors (Lipinski definition) is 1. The molecule has 0 aliphatic heterocycles. The van der Waals surface area contributed by atoms with E-state index in [1.165, 1.54) is 30.5 Å². The van der Waals surface area contributed by atoms with Gasteiger partial charge in [0.25, 0.3) is 0 Å². The molecule has 0 heterocycles. The number of rotatable bonds is 7. The van der Waals surface area contributed by atoms with Gasteiger partial charge in [-0.1, -0.05) is 44.5 Å². The Morgan fingerprint density at radius 1 is 1.19 bits per heavy atom. The van der Waals surface area contributed by atoms with Crippen molar-refractivity contribution >= 4 is 0 Å². The first-order valence-corrected chi connectivity index (χ1v) is 6.30. The van der Waals surface area contributed by atoms with Gasteiger partial charge in [-0.25, -0.2) is 0 Å². The van der Waals surface area contributed by atoms with Crippen LogP contribution >= 0.6 is 0 Å². The lowest BCUT2D eigenvalue weighted by atomic mass is 10.1. The number of nitrogens with two attached hydrogens (primary N) is 1. The highest BCUT2D eigenvalue weighted by atomic mass is 15.1. The monoisotopic (exact) mass is 220 g/mol. The van der Waals surface area contributed by atoms with Gasteiger partial charge in [0.1, 0.15) is 0 Å². The summed E-state index contributed by atoms with van der Waals surface area (Å²) in [7, 11) is 0. The first-order valence-electron chi connectivity index (χ1n) is 6.30. The van der Waals surface area contributed by atoms with E-state index in [1.54, 1.807) is 0 Å². The van der Waals surface area contributed by atoms with Crippen molar-refractivity contribution in [1.82, 2.24) is 4.90 Å². The van der Waals surface area contributed by atoms with Crippen LogP contribution in [-0.4, -0.2) is 18.0 Å². The molecule has 0 spiro atoms. The molecule has 0 saturated heterocycles. The lowest BCUT2D eigenvalue weighted by molar-refractivity contribution is 0.275. The summed E-state index contributed by atoms with van der Waals surface area (Å²) in [6, 6.07) is 8.60. The van der Waals surface area contributed by atoms with Crippen molar-refractivity contribution in [2.45, 2.75) is 39.8 Å². The van der Waals surface area contributed by atoms with E-state index in [2.05, 4.69) is 43.0 Å². The van der Waals surface area contributed by atoms with Crippen LogP contribution in [-0.2, 0) is 13.1 Å². The number of unbranched alkanes of at least 4 members (excludes halogenated alkanes) is 1. The summed E-state index contributed by atoms with van der Waals surface area (Å²) in [6.07, 6.45) is 2.55. The highest BCUT2D eigenvalue weighted by molar-refractivity contribution is 5.23. The molecule has 1 aromatic rings. The molecule has 2 N–H and O–H groups in total. The fourth-order valence-corrected chi connectivity index (χ4v) is 1.84. The lowest BCUT2D eigenvalue weighted by Gasteiger charge is -2.20. The molecular formula is C14H24N2. The predicted octanol–water partition coefficient (Wildman–Crippen LogP) is 2.77. The predicted molar refractivity (Wildman–Crippen MR) is 70.2 cm³/mol. The maximum Gasteiger partial charge on any atom is 0.0233 e. The Hall–Kier alpha value is -0.860. The molecule has 0 bridgehead atoms. The van der Waals surface area contributed by atoms with Crippen LogP contribution in [0.1, 0.15) is 37.8 Å². The van der Waals surface area contributed by atoms with Gasteiger partial charge in [-0.15, -0.1) is 0 Å². The van der Waals surface area contributed by atoms with Crippen molar-refractivity contribution in [3.8, 4) is 0 Å². The highest BCUT2D eigenvalue weighted by Gasteiger charge is 2.03. The van der Waals surface area contributed by atoms with Gasteiger partial charge in [-0.05, 0) is 30.6 Å². The zero-order valence-electron chi connectivity index (χ0n) is 10.6. The molecule has 90 valence electrons. The van der Waals surface area contributed by atoms with Crippen LogP contribution in [0.25, 0.3) is 0 Å².